The number of Topliss-reactive ketones (excluding diaryl/α,β-unsaturated/α-hetero) is 1. The Bertz CT molecular complexity index is 1160. The van der Waals surface area contributed by atoms with Gasteiger partial charge < -0.3 is 9.15 Å². The van der Waals surface area contributed by atoms with E-state index < -0.39 is 0 Å². The number of carbonyl (C=O) groups excluding carboxylic acids is 2. The molecule has 1 aromatic carbocycles. The summed E-state index contributed by atoms with van der Waals surface area (Å²) in [5.74, 6) is 0.936. The van der Waals surface area contributed by atoms with Crippen LogP contribution in [0.1, 0.15) is 50.9 Å². The first-order valence-electron chi connectivity index (χ1n) is 11.4. The summed E-state index contributed by atoms with van der Waals surface area (Å²) in [6.45, 7) is 3.94. The molecule has 4 heteroatoms. The summed E-state index contributed by atoms with van der Waals surface area (Å²) in [7, 11) is 1.39. The van der Waals surface area contributed by atoms with Crippen LogP contribution in [0.2, 0.25) is 0 Å². The molecule has 4 rings (SSSR count). The van der Waals surface area contributed by atoms with E-state index in [9.17, 15) is 9.59 Å². The van der Waals surface area contributed by atoms with Crippen LogP contribution in [0, 0.1) is 5.92 Å². The van der Waals surface area contributed by atoms with E-state index in [4.69, 9.17) is 9.15 Å². The minimum absolute atomic E-state index is 0.153. The first-order valence-corrected chi connectivity index (χ1v) is 11.4. The number of carbonyl (C=O) groups is 2. The maximum Gasteiger partial charge on any atom is 0.338 e. The van der Waals surface area contributed by atoms with Crippen molar-refractivity contribution in [3.63, 3.8) is 0 Å². The lowest BCUT2D eigenvalue weighted by Crippen LogP contribution is -2.11. The number of methoxy groups -OCH3 is 1. The Morgan fingerprint density at radius 1 is 1.06 bits per heavy atom. The van der Waals surface area contributed by atoms with E-state index in [0.29, 0.717) is 31.3 Å². The number of ether oxygens (including phenoxy) is 1. The Kier molecular flexibility index (Phi) is 6.93. The average molecular weight is 443 g/mol. The molecule has 2 aliphatic rings. The van der Waals surface area contributed by atoms with Gasteiger partial charge in [-0.3, -0.25) is 4.79 Å². The molecule has 0 saturated heterocycles. The maximum absolute atomic E-state index is 12.9. The normalized spacial score (nSPS) is 18.0. The zero-order valence-electron chi connectivity index (χ0n) is 19.5. The van der Waals surface area contributed by atoms with Crippen molar-refractivity contribution in [1.29, 1.82) is 0 Å². The fourth-order valence-corrected chi connectivity index (χ4v) is 4.87. The predicted octanol–water partition coefficient (Wildman–Crippen LogP) is 6.41. The van der Waals surface area contributed by atoms with Gasteiger partial charge in [-0.2, -0.15) is 0 Å². The molecule has 4 nitrogen and oxygen atoms in total. The lowest BCUT2D eigenvalue weighted by molar-refractivity contribution is -0.135. The van der Waals surface area contributed by atoms with Crippen LogP contribution < -0.4 is 0 Å². The van der Waals surface area contributed by atoms with E-state index in [1.54, 1.807) is 6.26 Å². The number of allylic oxidation sites excluding steroid dienone is 6. The van der Waals surface area contributed by atoms with Gasteiger partial charge in [-0.05, 0) is 61.1 Å². The van der Waals surface area contributed by atoms with E-state index in [-0.39, 0.29) is 17.7 Å². The van der Waals surface area contributed by atoms with Crippen molar-refractivity contribution in [3.8, 4) is 0 Å². The van der Waals surface area contributed by atoms with E-state index in [0.717, 1.165) is 28.9 Å². The van der Waals surface area contributed by atoms with Crippen LogP contribution in [0.4, 0.5) is 0 Å². The van der Waals surface area contributed by atoms with Crippen LogP contribution in [0.25, 0.3) is 5.57 Å². The highest BCUT2D eigenvalue weighted by molar-refractivity contribution is 5.97. The van der Waals surface area contributed by atoms with Crippen LogP contribution in [-0.2, 0) is 20.7 Å². The van der Waals surface area contributed by atoms with Crippen molar-refractivity contribution >= 4 is 17.3 Å². The molecule has 1 heterocycles. The largest absolute Gasteiger partial charge is 0.469 e. The summed E-state index contributed by atoms with van der Waals surface area (Å²) in [5, 5.41) is 0. The zero-order chi connectivity index (χ0) is 23.4. The van der Waals surface area contributed by atoms with Gasteiger partial charge in [-0.15, -0.1) is 0 Å². The third kappa shape index (κ3) is 5.00. The summed E-state index contributed by atoms with van der Waals surface area (Å²) in [5.41, 5.74) is 7.26. The third-order valence-corrected chi connectivity index (χ3v) is 6.73. The smallest absolute Gasteiger partial charge is 0.338 e. The number of ketones is 1. The monoisotopic (exact) mass is 442 g/mol. The van der Waals surface area contributed by atoms with Crippen molar-refractivity contribution in [3.05, 3.63) is 100 Å². The molecule has 2 aromatic rings. The van der Waals surface area contributed by atoms with Crippen LogP contribution in [0.15, 0.2) is 93.2 Å². The van der Waals surface area contributed by atoms with Gasteiger partial charge in [0.25, 0.3) is 0 Å². The molecule has 0 aliphatic heterocycles. The number of furan rings is 1. The van der Waals surface area contributed by atoms with Crippen LogP contribution in [0.5, 0.6) is 0 Å². The van der Waals surface area contributed by atoms with Crippen LogP contribution >= 0.6 is 0 Å². The number of esters is 1. The fourth-order valence-electron chi connectivity index (χ4n) is 4.87. The van der Waals surface area contributed by atoms with Crippen molar-refractivity contribution in [1.82, 2.24) is 0 Å². The highest BCUT2D eigenvalue weighted by Gasteiger charge is 2.28. The number of benzene rings is 1. The molecule has 33 heavy (non-hydrogen) atoms. The second-order valence-electron chi connectivity index (χ2n) is 8.83. The first kappa shape index (κ1) is 22.8. The molecule has 1 atom stereocenters. The molecule has 0 saturated carbocycles. The van der Waals surface area contributed by atoms with E-state index in [1.807, 2.05) is 44.2 Å². The summed E-state index contributed by atoms with van der Waals surface area (Å²) in [6, 6.07) is 14.3. The second-order valence-corrected chi connectivity index (χ2v) is 8.83. The zero-order valence-corrected chi connectivity index (χ0v) is 19.5. The maximum atomic E-state index is 12.9. The van der Waals surface area contributed by atoms with Crippen LogP contribution in [-0.4, -0.2) is 18.9 Å². The standard InChI is InChI=1S/C29H30O4/c1-19-16-23(28(20(19)2)29(31)32-3)17-24(30)13-11-22-12-14-26(21-8-5-4-6-9-21)27(22)18-25-10-7-15-33-25/h4-10,12,14-15,27H,11,13,16-18H2,1-3H3. The van der Waals surface area contributed by atoms with Crippen molar-refractivity contribution in [2.45, 2.75) is 46.0 Å². The predicted molar refractivity (Wildman–Crippen MR) is 129 cm³/mol. The Morgan fingerprint density at radius 3 is 2.55 bits per heavy atom. The van der Waals surface area contributed by atoms with Gasteiger partial charge in [0, 0.05) is 25.2 Å². The van der Waals surface area contributed by atoms with Crippen molar-refractivity contribution < 1.29 is 18.7 Å². The summed E-state index contributed by atoms with van der Waals surface area (Å²) < 4.78 is 10.6. The van der Waals surface area contributed by atoms with E-state index in [2.05, 4.69) is 24.3 Å². The molecule has 170 valence electrons. The summed E-state index contributed by atoms with van der Waals surface area (Å²) in [4.78, 5) is 25.2. The van der Waals surface area contributed by atoms with Crippen molar-refractivity contribution in [2.75, 3.05) is 7.11 Å². The van der Waals surface area contributed by atoms with Gasteiger partial charge in [0.2, 0.25) is 0 Å². The molecule has 0 N–H and O–H groups in total. The lowest BCUT2D eigenvalue weighted by Gasteiger charge is -2.19. The molecule has 2 aliphatic carbocycles. The lowest BCUT2D eigenvalue weighted by atomic mass is 9.85. The first-order chi connectivity index (χ1) is 16.0. The quantitative estimate of drug-likeness (QED) is 0.421. The van der Waals surface area contributed by atoms with Crippen molar-refractivity contribution in [2.24, 2.45) is 5.92 Å². The Balaban J connectivity index is 1.44. The molecule has 0 spiro atoms. The highest BCUT2D eigenvalue weighted by atomic mass is 16.5. The third-order valence-electron chi connectivity index (χ3n) is 6.73. The Labute approximate surface area is 195 Å². The van der Waals surface area contributed by atoms with Gasteiger partial charge in [-0.25, -0.2) is 4.79 Å². The molecule has 0 bridgehead atoms. The Morgan fingerprint density at radius 2 is 1.85 bits per heavy atom. The number of hydrogen-bond donors (Lipinski definition) is 0. The topological polar surface area (TPSA) is 56.5 Å². The molecule has 1 aromatic heterocycles. The number of hydrogen-bond acceptors (Lipinski definition) is 4. The molecule has 0 radical (unpaired) electrons. The number of rotatable bonds is 9. The van der Waals surface area contributed by atoms with E-state index in [1.165, 1.54) is 23.8 Å². The molecule has 0 fully saturated rings. The summed E-state index contributed by atoms with van der Waals surface area (Å²) in [6.07, 6.45) is 8.93. The minimum Gasteiger partial charge on any atom is -0.469 e. The SMILES string of the molecule is COC(=O)C1=C(CC(=O)CCC2=CC=C(c3ccccc3)C2Cc2ccco2)CC(C)=C1C. The van der Waals surface area contributed by atoms with Gasteiger partial charge in [-0.1, -0.05) is 53.6 Å². The average Bonchev–Trinajstić information content (AvgIpc) is 3.54. The molecular weight excluding hydrogens is 412 g/mol. The van der Waals surface area contributed by atoms with Gasteiger partial charge in [0.1, 0.15) is 11.5 Å². The van der Waals surface area contributed by atoms with Gasteiger partial charge in [0.05, 0.1) is 18.9 Å². The van der Waals surface area contributed by atoms with Gasteiger partial charge >= 0.3 is 5.97 Å². The molecule has 1 unspecified atom stereocenters. The molecular formula is C29H30O4. The Hall–Kier alpha value is -3.40. The minimum atomic E-state index is -0.346. The van der Waals surface area contributed by atoms with Crippen LogP contribution in [0.3, 0.4) is 0 Å². The summed E-state index contributed by atoms with van der Waals surface area (Å²) >= 11 is 0. The van der Waals surface area contributed by atoms with Gasteiger partial charge in [0.15, 0.2) is 0 Å². The highest BCUT2D eigenvalue weighted by Crippen LogP contribution is 2.39. The van der Waals surface area contributed by atoms with E-state index >= 15 is 0 Å². The second kappa shape index (κ2) is 10.0. The molecule has 0 amide bonds. The fraction of sp³-hybridized carbons (Fsp3) is 0.310.